The van der Waals surface area contributed by atoms with Gasteiger partial charge in [-0.25, -0.2) is 4.79 Å². The molecule has 0 aliphatic rings. The summed E-state index contributed by atoms with van der Waals surface area (Å²) in [5.41, 5.74) is 1.38. The van der Waals surface area contributed by atoms with Gasteiger partial charge in [0.25, 0.3) is 5.91 Å². The Kier molecular flexibility index (Phi) is 5.67. The van der Waals surface area contributed by atoms with E-state index in [0.29, 0.717) is 5.56 Å². The van der Waals surface area contributed by atoms with Gasteiger partial charge in [-0.1, -0.05) is 12.1 Å². The van der Waals surface area contributed by atoms with E-state index in [2.05, 4.69) is 5.32 Å². The highest BCUT2D eigenvalue weighted by Gasteiger charge is 2.19. The van der Waals surface area contributed by atoms with Crippen LogP contribution in [0.3, 0.4) is 0 Å². The van der Waals surface area contributed by atoms with Gasteiger partial charge in [-0.05, 0) is 24.0 Å². The van der Waals surface area contributed by atoms with Crippen LogP contribution in [-0.4, -0.2) is 41.0 Å². The summed E-state index contributed by atoms with van der Waals surface area (Å²) in [7, 11) is 0. The minimum absolute atomic E-state index is 0.390. The largest absolute Gasteiger partial charge is 0.480 e. The molecule has 6 heteroatoms. The van der Waals surface area contributed by atoms with Crippen LogP contribution in [0.15, 0.2) is 24.3 Å². The van der Waals surface area contributed by atoms with E-state index in [-0.39, 0.29) is 0 Å². The summed E-state index contributed by atoms with van der Waals surface area (Å²) >= 11 is 1.63. The third kappa shape index (κ3) is 4.05. The zero-order chi connectivity index (χ0) is 13.5. The second-order valence-electron chi connectivity index (χ2n) is 3.68. The number of rotatable bonds is 6. The molecular formula is C12H15NO4S. The van der Waals surface area contributed by atoms with Crippen molar-refractivity contribution in [3.05, 3.63) is 35.4 Å². The second-order valence-corrected chi connectivity index (χ2v) is 4.55. The van der Waals surface area contributed by atoms with Gasteiger partial charge in [-0.2, -0.15) is 11.8 Å². The number of carbonyl (C=O) groups is 2. The molecule has 1 aromatic rings. The summed E-state index contributed by atoms with van der Waals surface area (Å²) in [6.45, 7) is -0.633. The number of aliphatic carboxylic acids is 1. The molecular weight excluding hydrogens is 254 g/mol. The van der Waals surface area contributed by atoms with Gasteiger partial charge in [0.2, 0.25) is 0 Å². The van der Waals surface area contributed by atoms with Crippen LogP contribution in [0, 0.1) is 0 Å². The maximum absolute atomic E-state index is 11.8. The molecule has 0 aliphatic carbocycles. The lowest BCUT2D eigenvalue weighted by atomic mass is 10.1. The van der Waals surface area contributed by atoms with Crippen molar-refractivity contribution in [3.63, 3.8) is 0 Å². The summed E-state index contributed by atoms with van der Waals surface area (Å²) in [6, 6.07) is 5.68. The second kappa shape index (κ2) is 7.03. The lowest BCUT2D eigenvalue weighted by molar-refractivity contribution is -0.140. The molecule has 1 atom stereocenters. The Bertz CT molecular complexity index is 436. The van der Waals surface area contributed by atoms with Gasteiger partial charge >= 0.3 is 5.97 Å². The van der Waals surface area contributed by atoms with Gasteiger partial charge in [-0.15, -0.1) is 0 Å². The van der Waals surface area contributed by atoms with Gasteiger partial charge in [0, 0.05) is 11.3 Å². The molecule has 0 fully saturated rings. The third-order valence-electron chi connectivity index (χ3n) is 2.29. The van der Waals surface area contributed by atoms with Crippen molar-refractivity contribution in [2.24, 2.45) is 0 Å². The number of hydrogen-bond donors (Lipinski definition) is 3. The van der Waals surface area contributed by atoms with Crippen LogP contribution in [0.1, 0.15) is 15.9 Å². The number of hydrogen-bond acceptors (Lipinski definition) is 4. The van der Waals surface area contributed by atoms with Gasteiger partial charge in [0.05, 0.1) is 6.61 Å². The topological polar surface area (TPSA) is 86.6 Å². The van der Waals surface area contributed by atoms with Crippen LogP contribution in [0.4, 0.5) is 0 Å². The van der Waals surface area contributed by atoms with Crippen molar-refractivity contribution in [1.82, 2.24) is 5.32 Å². The third-order valence-corrected chi connectivity index (χ3v) is 2.91. The summed E-state index contributed by atoms with van der Waals surface area (Å²) < 4.78 is 0. The van der Waals surface area contributed by atoms with Crippen molar-refractivity contribution >= 4 is 23.6 Å². The van der Waals surface area contributed by atoms with Crippen molar-refractivity contribution in [2.45, 2.75) is 11.8 Å². The maximum Gasteiger partial charge on any atom is 0.328 e. The Hall–Kier alpha value is -1.53. The zero-order valence-corrected chi connectivity index (χ0v) is 10.7. The lowest BCUT2D eigenvalue weighted by Gasteiger charge is -2.12. The number of aliphatic hydroxyl groups is 1. The van der Waals surface area contributed by atoms with Crippen molar-refractivity contribution in [3.8, 4) is 0 Å². The first-order chi connectivity index (χ1) is 8.58. The predicted molar refractivity (Wildman–Crippen MR) is 69.6 cm³/mol. The number of amides is 1. The van der Waals surface area contributed by atoms with Gasteiger partial charge in [0.1, 0.15) is 0 Å². The van der Waals surface area contributed by atoms with E-state index in [1.165, 1.54) is 0 Å². The highest BCUT2D eigenvalue weighted by molar-refractivity contribution is 7.97. The Balaban J connectivity index is 2.77. The Morgan fingerprint density at radius 3 is 2.72 bits per heavy atom. The fourth-order valence-corrected chi connectivity index (χ4v) is 1.91. The Morgan fingerprint density at radius 1 is 1.44 bits per heavy atom. The molecule has 5 nitrogen and oxygen atoms in total. The molecule has 1 rings (SSSR count). The van der Waals surface area contributed by atoms with E-state index >= 15 is 0 Å². The van der Waals surface area contributed by atoms with Crippen LogP contribution >= 0.6 is 11.8 Å². The van der Waals surface area contributed by atoms with Crippen LogP contribution in [0.2, 0.25) is 0 Å². The van der Waals surface area contributed by atoms with E-state index in [4.69, 9.17) is 10.2 Å². The number of benzene rings is 1. The fraction of sp³-hybridized carbons (Fsp3) is 0.333. The number of carboxylic acids is 1. The summed E-state index contributed by atoms with van der Waals surface area (Å²) in [5.74, 6) is -0.978. The van der Waals surface area contributed by atoms with Crippen molar-refractivity contribution in [2.75, 3.05) is 12.9 Å². The summed E-state index contributed by atoms with van der Waals surface area (Å²) in [4.78, 5) is 22.5. The van der Waals surface area contributed by atoms with Crippen LogP contribution in [0.5, 0.6) is 0 Å². The zero-order valence-electron chi connectivity index (χ0n) is 9.92. The fourth-order valence-electron chi connectivity index (χ4n) is 1.40. The number of thioether (sulfide) groups is 1. The molecule has 0 bridgehead atoms. The van der Waals surface area contributed by atoms with E-state index in [1.54, 1.807) is 30.0 Å². The maximum atomic E-state index is 11.8. The van der Waals surface area contributed by atoms with Crippen molar-refractivity contribution < 1.29 is 19.8 Å². The first-order valence-corrected chi connectivity index (χ1v) is 6.70. The molecule has 0 aromatic heterocycles. The highest BCUT2D eigenvalue weighted by Crippen LogP contribution is 2.11. The Morgan fingerprint density at radius 2 is 2.17 bits per heavy atom. The normalized spacial score (nSPS) is 11.9. The van der Waals surface area contributed by atoms with Crippen LogP contribution in [0.25, 0.3) is 0 Å². The van der Waals surface area contributed by atoms with E-state index in [9.17, 15) is 9.59 Å². The molecule has 0 spiro atoms. The van der Waals surface area contributed by atoms with E-state index in [0.717, 1.165) is 11.3 Å². The van der Waals surface area contributed by atoms with E-state index in [1.807, 2.05) is 12.3 Å². The average molecular weight is 269 g/mol. The molecule has 1 amide bonds. The average Bonchev–Trinajstić information content (AvgIpc) is 2.36. The summed E-state index contributed by atoms with van der Waals surface area (Å²) in [5, 5.41) is 19.8. The molecule has 1 unspecified atom stereocenters. The summed E-state index contributed by atoms with van der Waals surface area (Å²) in [6.07, 6.45) is 1.96. The van der Waals surface area contributed by atoms with E-state index < -0.39 is 24.5 Å². The molecule has 0 saturated carbocycles. The van der Waals surface area contributed by atoms with Gasteiger partial charge in [-0.3, -0.25) is 4.79 Å². The minimum atomic E-state index is -1.28. The van der Waals surface area contributed by atoms with Crippen LogP contribution < -0.4 is 5.32 Å². The molecule has 0 aliphatic heterocycles. The molecule has 0 heterocycles. The first kappa shape index (κ1) is 14.5. The SMILES string of the molecule is CSCc1cccc(C(=O)NC(CO)C(=O)O)c1. The molecule has 3 N–H and O–H groups in total. The highest BCUT2D eigenvalue weighted by atomic mass is 32.2. The predicted octanol–water partition coefficient (Wildman–Crippen LogP) is 0.725. The molecule has 0 radical (unpaired) electrons. The molecule has 0 saturated heterocycles. The molecule has 98 valence electrons. The minimum Gasteiger partial charge on any atom is -0.480 e. The Labute approximate surface area is 109 Å². The number of carboxylic acid groups (broad SMARTS) is 1. The smallest absolute Gasteiger partial charge is 0.328 e. The van der Waals surface area contributed by atoms with Gasteiger partial charge < -0.3 is 15.5 Å². The molecule has 18 heavy (non-hydrogen) atoms. The standard InChI is InChI=1S/C12H15NO4S/c1-18-7-8-3-2-4-9(5-8)11(15)13-10(6-14)12(16)17/h2-5,10,14H,6-7H2,1H3,(H,13,15)(H,16,17). The quantitative estimate of drug-likeness (QED) is 0.708. The lowest BCUT2D eigenvalue weighted by Crippen LogP contribution is -2.43. The number of nitrogens with one attached hydrogen (secondary N) is 1. The number of aliphatic hydroxyl groups excluding tert-OH is 1. The van der Waals surface area contributed by atoms with Crippen molar-refractivity contribution in [1.29, 1.82) is 0 Å². The first-order valence-electron chi connectivity index (χ1n) is 5.31. The molecule has 1 aromatic carbocycles. The monoisotopic (exact) mass is 269 g/mol. The van der Waals surface area contributed by atoms with Gasteiger partial charge in [0.15, 0.2) is 6.04 Å². The number of carbonyl (C=O) groups excluding carboxylic acids is 1. The van der Waals surface area contributed by atoms with Crippen LogP contribution in [-0.2, 0) is 10.5 Å².